The third kappa shape index (κ3) is 2.42. The average molecular weight is 380 g/mol. The van der Waals surface area contributed by atoms with Crippen molar-refractivity contribution in [2.75, 3.05) is 0 Å². The quantitative estimate of drug-likeness (QED) is 0.432. The third-order valence-corrected chi connectivity index (χ3v) is 6.09. The number of halogens is 1. The molecule has 1 aliphatic heterocycles. The van der Waals surface area contributed by atoms with Gasteiger partial charge in [-0.15, -0.1) is 0 Å². The summed E-state index contributed by atoms with van der Waals surface area (Å²) in [4.78, 5) is 4.58. The predicted octanol–water partition coefficient (Wildman–Crippen LogP) is 5.09. The summed E-state index contributed by atoms with van der Waals surface area (Å²) in [5.74, 6) is 0. The van der Waals surface area contributed by atoms with Crippen molar-refractivity contribution < 1.29 is 13.7 Å². The minimum absolute atomic E-state index is 0.447. The van der Waals surface area contributed by atoms with E-state index in [4.69, 9.17) is 25.3 Å². The Balaban J connectivity index is 1.81. The van der Waals surface area contributed by atoms with Gasteiger partial charge in [0, 0.05) is 17.0 Å². The molecule has 1 fully saturated rings. The fourth-order valence-corrected chi connectivity index (χ4v) is 3.77. The SMILES string of the molecule is CC1(C)OB(c2ncc(Cl)c3oc4cc5ccccc5cc4c23)OC1(C)C. The van der Waals surface area contributed by atoms with E-state index in [-0.39, 0.29) is 0 Å². The Hall–Kier alpha value is -2.08. The second kappa shape index (κ2) is 5.47. The smallest absolute Gasteiger partial charge is 0.454 e. The topological polar surface area (TPSA) is 44.5 Å². The number of rotatable bonds is 1. The second-order valence-corrected chi connectivity index (χ2v) is 8.49. The average Bonchev–Trinajstić information content (AvgIpc) is 3.08. The van der Waals surface area contributed by atoms with E-state index in [1.165, 1.54) is 0 Å². The Morgan fingerprint density at radius 3 is 2.26 bits per heavy atom. The van der Waals surface area contributed by atoms with Gasteiger partial charge in [0.2, 0.25) is 0 Å². The van der Waals surface area contributed by atoms with Gasteiger partial charge in [-0.3, -0.25) is 4.98 Å². The van der Waals surface area contributed by atoms with Gasteiger partial charge < -0.3 is 13.7 Å². The van der Waals surface area contributed by atoms with E-state index >= 15 is 0 Å². The van der Waals surface area contributed by atoms with Crippen LogP contribution in [0.5, 0.6) is 0 Å². The Kier molecular flexibility index (Phi) is 3.46. The molecule has 27 heavy (non-hydrogen) atoms. The van der Waals surface area contributed by atoms with Crippen LogP contribution in [0.2, 0.25) is 5.02 Å². The highest BCUT2D eigenvalue weighted by atomic mass is 35.5. The van der Waals surface area contributed by atoms with Crippen molar-refractivity contribution in [3.05, 3.63) is 47.6 Å². The summed E-state index contributed by atoms with van der Waals surface area (Å²) in [6.07, 6.45) is 1.60. The Bertz CT molecular complexity index is 1200. The first-order chi connectivity index (χ1) is 12.8. The fraction of sp³-hybridized carbons (Fsp3) is 0.286. The van der Waals surface area contributed by atoms with Crippen LogP contribution in [-0.4, -0.2) is 23.3 Å². The zero-order valence-corrected chi connectivity index (χ0v) is 16.4. The molecule has 0 N–H and O–H groups in total. The van der Waals surface area contributed by atoms with Gasteiger partial charge in [0.1, 0.15) is 10.6 Å². The Morgan fingerprint density at radius 2 is 1.59 bits per heavy atom. The van der Waals surface area contributed by atoms with E-state index in [9.17, 15) is 0 Å². The molecule has 0 radical (unpaired) electrons. The molecule has 0 atom stereocenters. The minimum atomic E-state index is -0.581. The number of pyridine rings is 1. The molecule has 0 unspecified atom stereocenters. The molecule has 6 heteroatoms. The first-order valence-corrected chi connectivity index (χ1v) is 9.40. The molecule has 0 bridgehead atoms. The van der Waals surface area contributed by atoms with Crippen LogP contribution in [0.15, 0.2) is 47.0 Å². The number of furan rings is 1. The van der Waals surface area contributed by atoms with Crippen molar-refractivity contribution in [2.45, 2.75) is 38.9 Å². The molecule has 0 amide bonds. The largest absolute Gasteiger partial charge is 0.515 e. The molecule has 1 aliphatic rings. The summed E-state index contributed by atoms with van der Waals surface area (Å²) in [7, 11) is -0.581. The van der Waals surface area contributed by atoms with Crippen molar-refractivity contribution >= 4 is 57.0 Å². The van der Waals surface area contributed by atoms with Crippen LogP contribution in [-0.2, 0) is 9.31 Å². The maximum Gasteiger partial charge on any atom is 0.515 e. The van der Waals surface area contributed by atoms with Gasteiger partial charge in [0.15, 0.2) is 5.58 Å². The van der Waals surface area contributed by atoms with Crippen LogP contribution in [0.3, 0.4) is 0 Å². The van der Waals surface area contributed by atoms with E-state index in [2.05, 4.69) is 23.2 Å². The van der Waals surface area contributed by atoms with Gasteiger partial charge in [-0.25, -0.2) is 0 Å². The standard InChI is InChI=1S/C21H19BClNO3/c1-20(2)21(3,4)27-22(26-20)19-17-14-9-12-7-5-6-8-13(12)10-16(14)25-18(17)15(23)11-24-19/h5-11H,1-4H3. The van der Waals surface area contributed by atoms with Crippen molar-refractivity contribution in [1.82, 2.24) is 4.98 Å². The van der Waals surface area contributed by atoms with Crippen LogP contribution in [0.25, 0.3) is 32.7 Å². The highest BCUT2D eigenvalue weighted by Gasteiger charge is 2.53. The Labute approximate surface area is 162 Å². The van der Waals surface area contributed by atoms with Gasteiger partial charge >= 0.3 is 7.12 Å². The first-order valence-electron chi connectivity index (χ1n) is 9.02. The maximum atomic E-state index is 6.41. The normalized spacial score (nSPS) is 18.8. The van der Waals surface area contributed by atoms with Crippen molar-refractivity contribution in [1.29, 1.82) is 0 Å². The van der Waals surface area contributed by atoms with Gasteiger partial charge in [-0.2, -0.15) is 0 Å². The lowest BCUT2D eigenvalue weighted by atomic mass is 9.81. The number of fused-ring (bicyclic) bond motifs is 4. The number of benzene rings is 2. The predicted molar refractivity (Wildman–Crippen MR) is 110 cm³/mol. The summed E-state index contributed by atoms with van der Waals surface area (Å²) in [5.41, 5.74) is 1.19. The molecule has 0 aliphatic carbocycles. The van der Waals surface area contributed by atoms with Crippen LogP contribution in [0.4, 0.5) is 0 Å². The molecule has 5 rings (SSSR count). The molecular weight excluding hydrogens is 361 g/mol. The monoisotopic (exact) mass is 379 g/mol. The van der Waals surface area contributed by atoms with Crippen LogP contribution >= 0.6 is 11.6 Å². The number of hydrogen-bond donors (Lipinski definition) is 0. The van der Waals surface area contributed by atoms with Crippen LogP contribution < -0.4 is 5.59 Å². The zero-order valence-electron chi connectivity index (χ0n) is 15.7. The summed E-state index contributed by atoms with van der Waals surface area (Å²) in [6.45, 7) is 8.12. The van der Waals surface area contributed by atoms with E-state index in [0.717, 1.165) is 27.1 Å². The van der Waals surface area contributed by atoms with Gasteiger partial charge in [0.25, 0.3) is 0 Å². The first kappa shape index (κ1) is 17.1. The highest BCUT2D eigenvalue weighted by Crippen LogP contribution is 2.39. The van der Waals surface area contributed by atoms with Gasteiger partial charge in [0.05, 0.1) is 16.8 Å². The van der Waals surface area contributed by atoms with Crippen LogP contribution in [0.1, 0.15) is 27.7 Å². The molecule has 4 aromatic rings. The molecule has 2 aromatic heterocycles. The lowest BCUT2D eigenvalue weighted by Crippen LogP contribution is -2.41. The molecule has 2 aromatic carbocycles. The number of hydrogen-bond acceptors (Lipinski definition) is 4. The Morgan fingerprint density at radius 1 is 0.963 bits per heavy atom. The number of aromatic nitrogens is 1. The third-order valence-electron chi connectivity index (χ3n) is 5.82. The van der Waals surface area contributed by atoms with Gasteiger partial charge in [-0.1, -0.05) is 35.9 Å². The van der Waals surface area contributed by atoms with E-state index in [1.54, 1.807) is 6.20 Å². The lowest BCUT2D eigenvalue weighted by molar-refractivity contribution is 0.00578. The molecule has 1 saturated heterocycles. The summed E-state index contributed by atoms with van der Waals surface area (Å²) in [6, 6.07) is 12.3. The molecule has 4 nitrogen and oxygen atoms in total. The molecule has 0 saturated carbocycles. The second-order valence-electron chi connectivity index (χ2n) is 8.08. The van der Waals surface area contributed by atoms with E-state index < -0.39 is 18.3 Å². The zero-order chi connectivity index (χ0) is 19.0. The minimum Gasteiger partial charge on any atom is -0.454 e. The maximum absolute atomic E-state index is 6.41. The number of nitrogens with zero attached hydrogens (tertiary/aromatic N) is 1. The molecular formula is C21H19BClNO3. The van der Waals surface area contributed by atoms with Crippen molar-refractivity contribution in [3.63, 3.8) is 0 Å². The van der Waals surface area contributed by atoms with E-state index in [0.29, 0.717) is 16.2 Å². The summed E-state index contributed by atoms with van der Waals surface area (Å²) in [5, 5.41) is 4.54. The molecule has 0 spiro atoms. The molecule has 136 valence electrons. The summed E-state index contributed by atoms with van der Waals surface area (Å²) >= 11 is 6.41. The van der Waals surface area contributed by atoms with E-state index in [1.807, 2.05) is 45.9 Å². The highest BCUT2D eigenvalue weighted by molar-refractivity contribution is 6.65. The van der Waals surface area contributed by atoms with Gasteiger partial charge in [-0.05, 0) is 50.6 Å². The van der Waals surface area contributed by atoms with Crippen LogP contribution in [0, 0.1) is 0 Å². The summed E-state index contributed by atoms with van der Waals surface area (Å²) < 4.78 is 18.6. The fourth-order valence-electron chi connectivity index (χ4n) is 3.59. The lowest BCUT2D eigenvalue weighted by Gasteiger charge is -2.32. The molecule has 3 heterocycles. The van der Waals surface area contributed by atoms with Crippen molar-refractivity contribution in [2.24, 2.45) is 0 Å². The van der Waals surface area contributed by atoms with Crippen molar-refractivity contribution in [3.8, 4) is 0 Å².